The molecule has 9 nitrogen and oxygen atoms in total. The molecular weight excluding hydrogens is 455 g/mol. The van der Waals surface area contributed by atoms with Crippen molar-refractivity contribution in [2.24, 2.45) is 11.3 Å². The quantitative estimate of drug-likeness (QED) is 0.414. The molecule has 0 saturated heterocycles. The zero-order chi connectivity index (χ0) is 23.2. The highest BCUT2D eigenvalue weighted by molar-refractivity contribution is 6.30. The van der Waals surface area contributed by atoms with Crippen molar-refractivity contribution in [3.63, 3.8) is 0 Å². The summed E-state index contributed by atoms with van der Waals surface area (Å²) in [5, 5.41) is 28.0. The number of aliphatic hydroxyl groups is 2. The van der Waals surface area contributed by atoms with Gasteiger partial charge in [0, 0.05) is 18.6 Å². The molecule has 1 aliphatic rings. The van der Waals surface area contributed by atoms with Crippen LogP contribution in [0.15, 0.2) is 30.6 Å². The van der Waals surface area contributed by atoms with Crippen LogP contribution in [-0.4, -0.2) is 54.9 Å². The van der Waals surface area contributed by atoms with Gasteiger partial charge in [-0.2, -0.15) is 9.97 Å². The normalized spacial score (nSPS) is 27.6. The molecule has 2 aromatic heterocycles. The van der Waals surface area contributed by atoms with E-state index >= 15 is 0 Å². The van der Waals surface area contributed by atoms with Gasteiger partial charge < -0.3 is 25.4 Å². The van der Waals surface area contributed by atoms with Crippen LogP contribution in [0.2, 0.25) is 10.3 Å². The number of benzene rings is 1. The Morgan fingerprint density at radius 3 is 2.72 bits per heavy atom. The Hall–Kier alpha value is -2.46. The van der Waals surface area contributed by atoms with Gasteiger partial charge in [0.25, 0.3) is 0 Å². The maximum Gasteiger partial charge on any atom is 0.228 e. The van der Waals surface area contributed by atoms with Crippen molar-refractivity contribution in [3.05, 3.63) is 46.5 Å². The maximum atomic E-state index is 12.6. The Morgan fingerprint density at radius 1 is 1.28 bits per heavy atom. The third kappa shape index (κ3) is 3.59. The number of imidazole rings is 1. The second kappa shape index (κ2) is 8.47. The van der Waals surface area contributed by atoms with E-state index in [4.69, 9.17) is 23.2 Å². The number of amides is 1. The van der Waals surface area contributed by atoms with Crippen LogP contribution in [0.4, 0.5) is 5.82 Å². The molecule has 0 aliphatic heterocycles. The summed E-state index contributed by atoms with van der Waals surface area (Å²) in [6, 6.07) is 6.76. The highest BCUT2D eigenvalue weighted by Gasteiger charge is 2.60. The lowest BCUT2D eigenvalue weighted by Gasteiger charge is -2.31. The Balaban J connectivity index is 1.71. The largest absolute Gasteiger partial charge is 0.389 e. The SMILES string of the molecule is CNC(=O)[C@]1(C)C(O)C(O)[C@H](n2cnc3c(NCc4cccc(Cl)c4)nc(Cl)nc32)C1C. The van der Waals surface area contributed by atoms with Crippen molar-refractivity contribution in [2.75, 3.05) is 12.4 Å². The van der Waals surface area contributed by atoms with Gasteiger partial charge in [-0.05, 0) is 42.1 Å². The molecule has 170 valence electrons. The Kier molecular flexibility index (Phi) is 6.02. The summed E-state index contributed by atoms with van der Waals surface area (Å²) in [4.78, 5) is 25.6. The third-order valence-corrected chi connectivity index (χ3v) is 6.93. The van der Waals surface area contributed by atoms with Crippen molar-refractivity contribution in [3.8, 4) is 0 Å². The molecule has 0 radical (unpaired) electrons. The first kappa shape index (κ1) is 22.7. The van der Waals surface area contributed by atoms with Gasteiger partial charge in [0.1, 0.15) is 6.10 Å². The average molecular weight is 479 g/mol. The van der Waals surface area contributed by atoms with Crippen LogP contribution in [0.3, 0.4) is 0 Å². The highest BCUT2D eigenvalue weighted by Crippen LogP contribution is 2.50. The molecule has 11 heteroatoms. The smallest absolute Gasteiger partial charge is 0.228 e. The number of carbonyl (C=O) groups excluding carboxylic acids is 1. The van der Waals surface area contributed by atoms with E-state index in [0.717, 1.165) is 5.56 Å². The minimum atomic E-state index is -1.27. The number of aliphatic hydroxyl groups excluding tert-OH is 2. The molecule has 1 fully saturated rings. The summed E-state index contributed by atoms with van der Waals surface area (Å²) in [6.45, 7) is 3.89. The van der Waals surface area contributed by atoms with E-state index in [-0.39, 0.29) is 11.2 Å². The van der Waals surface area contributed by atoms with Gasteiger partial charge in [-0.1, -0.05) is 30.7 Å². The number of fused-ring (bicyclic) bond motifs is 1. The predicted octanol–water partition coefficient (Wildman–Crippen LogP) is 2.41. The number of rotatable bonds is 5. The van der Waals surface area contributed by atoms with Gasteiger partial charge in [0.05, 0.1) is 23.9 Å². The fourth-order valence-electron chi connectivity index (χ4n) is 4.54. The summed E-state index contributed by atoms with van der Waals surface area (Å²) in [5.41, 5.74) is 0.603. The van der Waals surface area contributed by atoms with Crippen molar-refractivity contribution in [1.82, 2.24) is 24.8 Å². The van der Waals surface area contributed by atoms with E-state index in [9.17, 15) is 15.0 Å². The van der Waals surface area contributed by atoms with E-state index in [1.54, 1.807) is 17.6 Å². The Bertz CT molecular complexity index is 1170. The van der Waals surface area contributed by atoms with E-state index in [1.165, 1.54) is 13.4 Å². The fraction of sp³-hybridized carbons (Fsp3) is 0.429. The first-order chi connectivity index (χ1) is 15.2. The fourth-order valence-corrected chi connectivity index (χ4v) is 4.92. The number of carbonyl (C=O) groups is 1. The van der Waals surface area contributed by atoms with Gasteiger partial charge >= 0.3 is 0 Å². The van der Waals surface area contributed by atoms with Gasteiger partial charge in [-0.3, -0.25) is 4.79 Å². The van der Waals surface area contributed by atoms with Crippen molar-refractivity contribution in [2.45, 2.75) is 38.6 Å². The average Bonchev–Trinajstić information content (AvgIpc) is 3.25. The zero-order valence-electron chi connectivity index (χ0n) is 17.8. The van der Waals surface area contributed by atoms with Gasteiger partial charge in [-0.15, -0.1) is 0 Å². The second-order valence-electron chi connectivity index (χ2n) is 8.23. The first-order valence-electron chi connectivity index (χ1n) is 10.1. The van der Waals surface area contributed by atoms with Crippen LogP contribution < -0.4 is 10.6 Å². The molecule has 2 heterocycles. The maximum absolute atomic E-state index is 12.6. The van der Waals surface area contributed by atoms with Gasteiger partial charge in [0.2, 0.25) is 11.2 Å². The molecule has 32 heavy (non-hydrogen) atoms. The number of nitrogens with one attached hydrogen (secondary N) is 2. The van der Waals surface area contributed by atoms with Gasteiger partial charge in [-0.25, -0.2) is 4.98 Å². The molecular formula is C21H24Cl2N6O3. The van der Waals surface area contributed by atoms with Crippen LogP contribution in [0.5, 0.6) is 0 Å². The number of aromatic nitrogens is 4. The summed E-state index contributed by atoms with van der Waals surface area (Å²) in [5.74, 6) is -0.352. The van der Waals surface area contributed by atoms with Crippen molar-refractivity contribution >= 4 is 46.1 Å². The third-order valence-electron chi connectivity index (χ3n) is 6.53. The lowest BCUT2D eigenvalue weighted by Crippen LogP contribution is -2.47. The molecule has 0 bridgehead atoms. The van der Waals surface area contributed by atoms with Crippen LogP contribution >= 0.6 is 23.2 Å². The van der Waals surface area contributed by atoms with E-state index in [2.05, 4.69) is 25.6 Å². The van der Waals surface area contributed by atoms with E-state index < -0.39 is 29.6 Å². The summed E-state index contributed by atoms with van der Waals surface area (Å²) >= 11 is 12.3. The highest BCUT2D eigenvalue weighted by atomic mass is 35.5. The standard InChI is InChI=1S/C21H24Cl2N6O3/c1-10-14(15(30)16(31)21(10,2)19(32)24-3)29-9-26-13-17(27-20(23)28-18(13)29)25-8-11-5-4-6-12(22)7-11/h4-7,9-10,14-16,30-31H,8H2,1-3H3,(H,24,32)(H,25,27,28)/t10?,14-,15?,16?,21+/m1/s1. The van der Waals surface area contributed by atoms with Crippen LogP contribution in [-0.2, 0) is 11.3 Å². The molecule has 3 unspecified atom stereocenters. The topological polar surface area (TPSA) is 125 Å². The molecule has 4 N–H and O–H groups in total. The van der Waals surface area contributed by atoms with Crippen LogP contribution in [0, 0.1) is 11.3 Å². The zero-order valence-corrected chi connectivity index (χ0v) is 19.3. The Morgan fingerprint density at radius 2 is 2.03 bits per heavy atom. The minimum Gasteiger partial charge on any atom is -0.389 e. The molecule has 1 saturated carbocycles. The van der Waals surface area contributed by atoms with Crippen LogP contribution in [0.25, 0.3) is 11.2 Å². The van der Waals surface area contributed by atoms with Crippen LogP contribution in [0.1, 0.15) is 25.5 Å². The lowest BCUT2D eigenvalue weighted by molar-refractivity contribution is -0.139. The monoisotopic (exact) mass is 478 g/mol. The molecule has 3 aromatic rings. The first-order valence-corrected chi connectivity index (χ1v) is 10.9. The molecule has 5 atom stereocenters. The van der Waals surface area contributed by atoms with Gasteiger partial charge in [0.15, 0.2) is 17.0 Å². The molecule has 0 spiro atoms. The van der Waals surface area contributed by atoms with Crippen molar-refractivity contribution < 1.29 is 15.0 Å². The van der Waals surface area contributed by atoms with E-state index in [1.807, 2.05) is 25.1 Å². The number of hydrogen-bond donors (Lipinski definition) is 4. The Labute approximate surface area is 194 Å². The number of anilines is 1. The molecule has 1 amide bonds. The number of nitrogens with zero attached hydrogens (tertiary/aromatic N) is 4. The summed E-state index contributed by atoms with van der Waals surface area (Å²) in [7, 11) is 1.50. The summed E-state index contributed by atoms with van der Waals surface area (Å²) < 4.78 is 1.65. The van der Waals surface area contributed by atoms with Crippen molar-refractivity contribution in [1.29, 1.82) is 0 Å². The lowest BCUT2D eigenvalue weighted by atomic mass is 9.77. The van der Waals surface area contributed by atoms with E-state index in [0.29, 0.717) is 28.5 Å². The molecule has 1 aromatic carbocycles. The molecule has 4 rings (SSSR count). The number of halogens is 2. The minimum absolute atomic E-state index is 0.00240. The summed E-state index contributed by atoms with van der Waals surface area (Å²) in [6.07, 6.45) is -0.952. The molecule has 1 aliphatic carbocycles. The second-order valence-corrected chi connectivity index (χ2v) is 9.00. The predicted molar refractivity (Wildman–Crippen MR) is 122 cm³/mol. The number of hydrogen-bond acceptors (Lipinski definition) is 7.